The SMILES string of the molecule is CCOC(c1nc(N)c(Br)c(-c2ccccc2)n1)C1CC1. The fraction of sp³-hybridized carbons (Fsp3) is 0.375. The van der Waals surface area contributed by atoms with Gasteiger partial charge in [-0.2, -0.15) is 0 Å². The fourth-order valence-corrected chi connectivity index (χ4v) is 2.80. The molecule has 0 radical (unpaired) electrons. The van der Waals surface area contributed by atoms with Crippen molar-refractivity contribution in [2.24, 2.45) is 5.92 Å². The number of aromatic nitrogens is 2. The first-order chi connectivity index (χ1) is 10.2. The summed E-state index contributed by atoms with van der Waals surface area (Å²) >= 11 is 3.50. The zero-order valence-electron chi connectivity index (χ0n) is 11.9. The number of benzene rings is 1. The van der Waals surface area contributed by atoms with E-state index in [1.807, 2.05) is 37.3 Å². The maximum atomic E-state index is 6.06. The monoisotopic (exact) mass is 347 g/mol. The molecular formula is C16H18BrN3O. The summed E-state index contributed by atoms with van der Waals surface area (Å²) in [7, 11) is 0. The van der Waals surface area contributed by atoms with E-state index in [1.54, 1.807) is 0 Å². The Morgan fingerprint density at radius 1 is 1.29 bits per heavy atom. The minimum Gasteiger partial charge on any atom is -0.383 e. The second kappa shape index (κ2) is 6.12. The number of nitrogens with zero attached hydrogens (tertiary/aromatic N) is 2. The topological polar surface area (TPSA) is 61.0 Å². The van der Waals surface area contributed by atoms with Gasteiger partial charge in [0, 0.05) is 12.2 Å². The van der Waals surface area contributed by atoms with Crippen molar-refractivity contribution in [2.45, 2.75) is 25.9 Å². The number of halogens is 1. The molecule has 1 aliphatic rings. The summed E-state index contributed by atoms with van der Waals surface area (Å²) in [6.45, 7) is 2.65. The lowest BCUT2D eigenvalue weighted by Crippen LogP contribution is -2.13. The molecule has 1 atom stereocenters. The summed E-state index contributed by atoms with van der Waals surface area (Å²) in [4.78, 5) is 9.15. The van der Waals surface area contributed by atoms with E-state index in [9.17, 15) is 0 Å². The average Bonchev–Trinajstić information content (AvgIpc) is 3.33. The van der Waals surface area contributed by atoms with Crippen molar-refractivity contribution in [3.05, 3.63) is 40.6 Å². The predicted octanol–water partition coefficient (Wildman–Crippen LogP) is 3.98. The first kappa shape index (κ1) is 14.5. The van der Waals surface area contributed by atoms with Crippen LogP contribution in [0.5, 0.6) is 0 Å². The maximum Gasteiger partial charge on any atom is 0.160 e. The second-order valence-electron chi connectivity index (χ2n) is 5.21. The zero-order chi connectivity index (χ0) is 14.8. The third kappa shape index (κ3) is 3.09. The van der Waals surface area contributed by atoms with E-state index in [4.69, 9.17) is 15.5 Å². The predicted molar refractivity (Wildman–Crippen MR) is 86.7 cm³/mol. The van der Waals surface area contributed by atoms with Crippen LogP contribution in [-0.4, -0.2) is 16.6 Å². The molecule has 1 unspecified atom stereocenters. The van der Waals surface area contributed by atoms with Crippen LogP contribution in [0.3, 0.4) is 0 Å². The standard InChI is InChI=1S/C16H18BrN3O/c1-2-21-14(11-8-9-11)16-19-13(12(17)15(18)20-16)10-6-4-3-5-7-10/h3-7,11,14H,2,8-9H2,1H3,(H2,18,19,20). The Labute approximate surface area is 132 Å². The molecule has 4 nitrogen and oxygen atoms in total. The van der Waals surface area contributed by atoms with Gasteiger partial charge in [0.1, 0.15) is 11.9 Å². The molecule has 2 aromatic rings. The molecule has 1 aromatic heterocycles. The van der Waals surface area contributed by atoms with Gasteiger partial charge in [-0.05, 0) is 41.6 Å². The van der Waals surface area contributed by atoms with Crippen molar-refractivity contribution in [2.75, 3.05) is 12.3 Å². The van der Waals surface area contributed by atoms with Crippen LogP contribution in [0.15, 0.2) is 34.8 Å². The van der Waals surface area contributed by atoms with Crippen LogP contribution in [0.25, 0.3) is 11.3 Å². The van der Waals surface area contributed by atoms with Gasteiger partial charge in [0.25, 0.3) is 0 Å². The minimum atomic E-state index is -0.0483. The lowest BCUT2D eigenvalue weighted by atomic mass is 10.1. The molecule has 5 heteroatoms. The van der Waals surface area contributed by atoms with Gasteiger partial charge in [0.15, 0.2) is 5.82 Å². The summed E-state index contributed by atoms with van der Waals surface area (Å²) in [5.41, 5.74) is 7.90. The molecule has 0 bridgehead atoms. The first-order valence-corrected chi connectivity index (χ1v) is 8.00. The number of ether oxygens (including phenoxy) is 1. The molecule has 1 fully saturated rings. The maximum absolute atomic E-state index is 6.06. The van der Waals surface area contributed by atoms with E-state index in [1.165, 1.54) is 12.8 Å². The van der Waals surface area contributed by atoms with Crippen LogP contribution >= 0.6 is 15.9 Å². The van der Waals surface area contributed by atoms with Crippen LogP contribution in [0.2, 0.25) is 0 Å². The van der Waals surface area contributed by atoms with Gasteiger partial charge in [-0.1, -0.05) is 30.3 Å². The molecule has 0 amide bonds. The Bertz CT molecular complexity index is 629. The molecule has 1 aromatic carbocycles. The molecule has 3 rings (SSSR count). The van der Waals surface area contributed by atoms with Crippen molar-refractivity contribution in [3.63, 3.8) is 0 Å². The van der Waals surface area contributed by atoms with Gasteiger partial charge in [-0.3, -0.25) is 0 Å². The highest BCUT2D eigenvalue weighted by molar-refractivity contribution is 9.10. The van der Waals surface area contributed by atoms with Gasteiger partial charge in [-0.15, -0.1) is 0 Å². The van der Waals surface area contributed by atoms with Crippen molar-refractivity contribution >= 4 is 21.7 Å². The molecule has 1 heterocycles. The molecule has 21 heavy (non-hydrogen) atoms. The number of hydrogen-bond donors (Lipinski definition) is 1. The molecule has 1 aliphatic carbocycles. The lowest BCUT2D eigenvalue weighted by molar-refractivity contribution is 0.0402. The van der Waals surface area contributed by atoms with Crippen molar-refractivity contribution < 1.29 is 4.74 Å². The highest BCUT2D eigenvalue weighted by atomic mass is 79.9. The molecule has 0 aliphatic heterocycles. The lowest BCUT2D eigenvalue weighted by Gasteiger charge is -2.17. The van der Waals surface area contributed by atoms with Gasteiger partial charge < -0.3 is 10.5 Å². The number of anilines is 1. The van der Waals surface area contributed by atoms with E-state index >= 15 is 0 Å². The zero-order valence-corrected chi connectivity index (χ0v) is 13.5. The largest absolute Gasteiger partial charge is 0.383 e. The molecule has 0 spiro atoms. The van der Waals surface area contributed by atoms with Crippen molar-refractivity contribution in [1.82, 2.24) is 9.97 Å². The van der Waals surface area contributed by atoms with Crippen LogP contribution in [-0.2, 0) is 4.74 Å². The normalized spacial score (nSPS) is 15.9. The molecular weight excluding hydrogens is 330 g/mol. The van der Waals surface area contributed by atoms with Crippen LogP contribution < -0.4 is 5.73 Å². The van der Waals surface area contributed by atoms with E-state index in [0.717, 1.165) is 15.7 Å². The number of hydrogen-bond acceptors (Lipinski definition) is 4. The summed E-state index contributed by atoms with van der Waals surface area (Å²) in [6, 6.07) is 9.99. The Morgan fingerprint density at radius 3 is 2.62 bits per heavy atom. The van der Waals surface area contributed by atoms with Crippen LogP contribution in [0.1, 0.15) is 31.7 Å². The molecule has 110 valence electrons. The highest BCUT2D eigenvalue weighted by Gasteiger charge is 2.35. The Hall–Kier alpha value is -1.46. The highest BCUT2D eigenvalue weighted by Crippen LogP contribution is 2.43. The first-order valence-electron chi connectivity index (χ1n) is 7.20. The third-order valence-electron chi connectivity index (χ3n) is 3.59. The van der Waals surface area contributed by atoms with Crippen LogP contribution in [0.4, 0.5) is 5.82 Å². The minimum absolute atomic E-state index is 0.0483. The summed E-state index contributed by atoms with van der Waals surface area (Å²) < 4.78 is 6.58. The van der Waals surface area contributed by atoms with Gasteiger partial charge >= 0.3 is 0 Å². The van der Waals surface area contributed by atoms with E-state index in [2.05, 4.69) is 20.9 Å². The third-order valence-corrected chi connectivity index (χ3v) is 4.37. The molecule has 2 N–H and O–H groups in total. The number of rotatable bonds is 5. The van der Waals surface area contributed by atoms with E-state index in [0.29, 0.717) is 24.2 Å². The van der Waals surface area contributed by atoms with Crippen LogP contribution in [0, 0.1) is 5.92 Å². The fourth-order valence-electron chi connectivity index (χ4n) is 2.40. The summed E-state index contributed by atoms with van der Waals surface area (Å²) in [5, 5.41) is 0. The summed E-state index contributed by atoms with van der Waals surface area (Å²) in [6.07, 6.45) is 2.29. The number of nitrogen functional groups attached to an aromatic ring is 1. The van der Waals surface area contributed by atoms with Crippen molar-refractivity contribution in [1.29, 1.82) is 0 Å². The summed E-state index contributed by atoms with van der Waals surface area (Å²) in [5.74, 6) is 1.68. The van der Waals surface area contributed by atoms with Gasteiger partial charge in [-0.25, -0.2) is 9.97 Å². The average molecular weight is 348 g/mol. The van der Waals surface area contributed by atoms with E-state index in [-0.39, 0.29) is 6.10 Å². The Balaban J connectivity index is 2.04. The van der Waals surface area contributed by atoms with E-state index < -0.39 is 0 Å². The quantitative estimate of drug-likeness (QED) is 0.888. The second-order valence-corrected chi connectivity index (χ2v) is 6.00. The molecule has 0 saturated heterocycles. The van der Waals surface area contributed by atoms with Gasteiger partial charge in [0.2, 0.25) is 0 Å². The molecule has 1 saturated carbocycles. The Morgan fingerprint density at radius 2 is 2.00 bits per heavy atom. The number of nitrogens with two attached hydrogens (primary N) is 1. The Kier molecular flexibility index (Phi) is 4.22. The van der Waals surface area contributed by atoms with Gasteiger partial charge in [0.05, 0.1) is 10.2 Å². The van der Waals surface area contributed by atoms with Crippen molar-refractivity contribution in [3.8, 4) is 11.3 Å². The smallest absolute Gasteiger partial charge is 0.160 e.